The van der Waals surface area contributed by atoms with Crippen molar-refractivity contribution in [3.63, 3.8) is 0 Å². The SMILES string of the molecule is Cc1c(NC(=O)NCc2cccs2)cccc1OCC(F)(F)F. The summed E-state index contributed by atoms with van der Waals surface area (Å²) in [5.74, 6) is 0.0818. The van der Waals surface area contributed by atoms with E-state index in [4.69, 9.17) is 4.74 Å². The van der Waals surface area contributed by atoms with E-state index in [0.29, 0.717) is 17.8 Å². The Kier molecular flexibility index (Phi) is 5.49. The number of halogens is 3. The van der Waals surface area contributed by atoms with E-state index >= 15 is 0 Å². The number of hydrogen-bond acceptors (Lipinski definition) is 3. The van der Waals surface area contributed by atoms with Crippen LogP contribution in [0.4, 0.5) is 23.7 Å². The van der Waals surface area contributed by atoms with E-state index in [1.807, 2.05) is 17.5 Å². The minimum Gasteiger partial charge on any atom is -0.484 e. The van der Waals surface area contributed by atoms with E-state index < -0.39 is 18.8 Å². The third-order valence-corrected chi connectivity index (χ3v) is 3.80. The summed E-state index contributed by atoms with van der Waals surface area (Å²) in [5.41, 5.74) is 0.830. The van der Waals surface area contributed by atoms with Crippen molar-refractivity contribution in [2.24, 2.45) is 0 Å². The highest BCUT2D eigenvalue weighted by Gasteiger charge is 2.28. The first kappa shape index (κ1) is 17.1. The molecule has 0 aliphatic carbocycles. The van der Waals surface area contributed by atoms with Gasteiger partial charge >= 0.3 is 12.2 Å². The lowest BCUT2D eigenvalue weighted by Crippen LogP contribution is -2.28. The minimum absolute atomic E-state index is 0.0818. The van der Waals surface area contributed by atoms with Gasteiger partial charge in [0.1, 0.15) is 5.75 Å². The molecule has 1 aromatic carbocycles. The zero-order chi connectivity index (χ0) is 16.9. The van der Waals surface area contributed by atoms with Gasteiger partial charge in [-0.15, -0.1) is 11.3 Å². The number of ether oxygens (including phenoxy) is 1. The third-order valence-electron chi connectivity index (χ3n) is 2.93. The Morgan fingerprint density at radius 2 is 2.04 bits per heavy atom. The van der Waals surface area contributed by atoms with E-state index in [2.05, 4.69) is 10.6 Å². The number of nitrogens with one attached hydrogen (secondary N) is 2. The summed E-state index contributed by atoms with van der Waals surface area (Å²) in [7, 11) is 0. The number of anilines is 1. The number of hydrogen-bond donors (Lipinski definition) is 2. The zero-order valence-corrected chi connectivity index (χ0v) is 13.1. The molecule has 8 heteroatoms. The molecule has 4 nitrogen and oxygen atoms in total. The van der Waals surface area contributed by atoms with Crippen molar-refractivity contribution in [2.45, 2.75) is 19.6 Å². The van der Waals surface area contributed by atoms with E-state index in [9.17, 15) is 18.0 Å². The summed E-state index contributed by atoms with van der Waals surface area (Å²) in [4.78, 5) is 12.8. The molecule has 2 rings (SSSR count). The first-order chi connectivity index (χ1) is 10.8. The predicted octanol–water partition coefficient (Wildman–Crippen LogP) is 4.32. The van der Waals surface area contributed by atoms with Crippen molar-refractivity contribution >= 4 is 23.1 Å². The Morgan fingerprint density at radius 3 is 2.70 bits per heavy atom. The maximum atomic E-state index is 12.2. The van der Waals surface area contributed by atoms with Gasteiger partial charge in [-0.25, -0.2) is 4.79 Å². The second-order valence-corrected chi connectivity index (χ2v) is 5.75. The van der Waals surface area contributed by atoms with Crippen molar-refractivity contribution < 1.29 is 22.7 Å². The molecular formula is C15H15F3N2O2S. The first-order valence-corrected chi connectivity index (χ1v) is 7.59. The summed E-state index contributed by atoms with van der Waals surface area (Å²) in [6.45, 7) is 0.593. The number of alkyl halides is 3. The highest BCUT2D eigenvalue weighted by Crippen LogP contribution is 2.27. The lowest BCUT2D eigenvalue weighted by Gasteiger charge is -2.15. The molecule has 0 saturated heterocycles. The van der Waals surface area contributed by atoms with Gasteiger partial charge in [0.15, 0.2) is 6.61 Å². The third kappa shape index (κ3) is 5.48. The summed E-state index contributed by atoms with van der Waals surface area (Å²) < 4.78 is 41.4. The maximum Gasteiger partial charge on any atom is 0.422 e. The predicted molar refractivity (Wildman–Crippen MR) is 82.9 cm³/mol. The highest BCUT2D eigenvalue weighted by atomic mass is 32.1. The van der Waals surface area contributed by atoms with Crippen LogP contribution < -0.4 is 15.4 Å². The van der Waals surface area contributed by atoms with Crippen molar-refractivity contribution in [3.8, 4) is 5.75 Å². The number of urea groups is 1. The normalized spacial score (nSPS) is 11.1. The van der Waals surface area contributed by atoms with Gasteiger partial charge in [-0.1, -0.05) is 12.1 Å². The average Bonchev–Trinajstić information content (AvgIpc) is 2.98. The van der Waals surface area contributed by atoms with Crippen LogP contribution in [0.15, 0.2) is 35.7 Å². The van der Waals surface area contributed by atoms with Gasteiger partial charge < -0.3 is 15.4 Å². The fourth-order valence-electron chi connectivity index (χ4n) is 1.81. The Hall–Kier alpha value is -2.22. The summed E-state index contributed by atoms with van der Waals surface area (Å²) in [5, 5.41) is 7.18. The fraction of sp³-hybridized carbons (Fsp3) is 0.267. The van der Waals surface area contributed by atoms with Crippen LogP contribution in [0.5, 0.6) is 5.75 Å². The second kappa shape index (κ2) is 7.36. The lowest BCUT2D eigenvalue weighted by molar-refractivity contribution is -0.153. The number of amides is 2. The molecular weight excluding hydrogens is 329 g/mol. The fourth-order valence-corrected chi connectivity index (χ4v) is 2.46. The average molecular weight is 344 g/mol. The smallest absolute Gasteiger partial charge is 0.422 e. The van der Waals surface area contributed by atoms with Crippen molar-refractivity contribution in [1.29, 1.82) is 0 Å². The molecule has 0 fully saturated rings. The molecule has 0 aliphatic heterocycles. The van der Waals surface area contributed by atoms with E-state index in [1.54, 1.807) is 13.0 Å². The molecule has 124 valence electrons. The molecule has 0 saturated carbocycles. The van der Waals surface area contributed by atoms with Crippen molar-refractivity contribution in [2.75, 3.05) is 11.9 Å². The maximum absolute atomic E-state index is 12.2. The molecule has 0 aliphatic rings. The number of carbonyl (C=O) groups excluding carboxylic acids is 1. The van der Waals surface area contributed by atoms with Crippen LogP contribution in [0.3, 0.4) is 0 Å². The van der Waals surface area contributed by atoms with Gasteiger partial charge in [0.05, 0.1) is 6.54 Å². The monoisotopic (exact) mass is 344 g/mol. The van der Waals surface area contributed by atoms with Gasteiger partial charge in [-0.3, -0.25) is 0 Å². The molecule has 0 atom stereocenters. The molecule has 0 radical (unpaired) electrons. The van der Waals surface area contributed by atoms with Crippen LogP contribution in [0.2, 0.25) is 0 Å². The molecule has 2 amide bonds. The van der Waals surface area contributed by atoms with E-state index in [-0.39, 0.29) is 5.75 Å². The van der Waals surface area contributed by atoms with Crippen LogP contribution >= 0.6 is 11.3 Å². The number of rotatable bonds is 5. The Balaban J connectivity index is 1.95. The van der Waals surface area contributed by atoms with Gasteiger partial charge in [0.2, 0.25) is 0 Å². The number of benzene rings is 1. The molecule has 23 heavy (non-hydrogen) atoms. The van der Waals surface area contributed by atoms with Gasteiger partial charge in [0.25, 0.3) is 0 Å². The second-order valence-electron chi connectivity index (χ2n) is 4.72. The lowest BCUT2D eigenvalue weighted by atomic mass is 10.2. The van der Waals surface area contributed by atoms with E-state index in [0.717, 1.165) is 4.88 Å². The van der Waals surface area contributed by atoms with Crippen LogP contribution in [-0.2, 0) is 6.54 Å². The van der Waals surface area contributed by atoms with Crippen LogP contribution in [-0.4, -0.2) is 18.8 Å². The van der Waals surface area contributed by atoms with Crippen LogP contribution in [0.25, 0.3) is 0 Å². The standard InChI is InChI=1S/C15H15F3N2O2S/c1-10-12(5-2-6-13(10)22-9-15(16,17)18)20-14(21)19-8-11-4-3-7-23-11/h2-7H,8-9H2,1H3,(H2,19,20,21). The minimum atomic E-state index is -4.41. The van der Waals surface area contributed by atoms with Crippen LogP contribution in [0, 0.1) is 6.92 Å². The molecule has 1 aromatic heterocycles. The molecule has 2 N–H and O–H groups in total. The Bertz CT molecular complexity index is 657. The molecule has 0 spiro atoms. The quantitative estimate of drug-likeness (QED) is 0.849. The van der Waals surface area contributed by atoms with Gasteiger partial charge in [0, 0.05) is 16.1 Å². The van der Waals surface area contributed by atoms with Crippen molar-refractivity contribution in [1.82, 2.24) is 5.32 Å². The van der Waals surface area contributed by atoms with Crippen LogP contribution in [0.1, 0.15) is 10.4 Å². The van der Waals surface area contributed by atoms with Crippen molar-refractivity contribution in [3.05, 3.63) is 46.2 Å². The highest BCUT2D eigenvalue weighted by molar-refractivity contribution is 7.09. The van der Waals surface area contributed by atoms with Gasteiger partial charge in [-0.05, 0) is 30.5 Å². The molecule has 0 unspecified atom stereocenters. The Morgan fingerprint density at radius 1 is 1.26 bits per heavy atom. The molecule has 1 heterocycles. The zero-order valence-electron chi connectivity index (χ0n) is 12.2. The number of carbonyl (C=O) groups is 1. The largest absolute Gasteiger partial charge is 0.484 e. The molecule has 0 bridgehead atoms. The summed E-state index contributed by atoms with van der Waals surface area (Å²) >= 11 is 1.52. The summed E-state index contributed by atoms with van der Waals surface area (Å²) in [6, 6.07) is 7.88. The van der Waals surface area contributed by atoms with E-state index in [1.165, 1.54) is 23.5 Å². The topological polar surface area (TPSA) is 50.4 Å². The first-order valence-electron chi connectivity index (χ1n) is 6.71. The van der Waals surface area contributed by atoms with Gasteiger partial charge in [-0.2, -0.15) is 13.2 Å². The molecule has 2 aromatic rings. The Labute approximate surface area is 135 Å². The number of thiophene rings is 1. The summed E-state index contributed by atoms with van der Waals surface area (Å²) in [6.07, 6.45) is -4.41.